The van der Waals surface area contributed by atoms with Crippen LogP contribution in [0.25, 0.3) is 22.4 Å². The number of aromatic amines is 2. The number of rotatable bonds is 7. The molecule has 2 aromatic heterocycles. The van der Waals surface area contributed by atoms with Crippen molar-refractivity contribution in [3.8, 4) is 17.1 Å². The van der Waals surface area contributed by atoms with Crippen LogP contribution in [0.5, 0.6) is 5.75 Å². The van der Waals surface area contributed by atoms with E-state index < -0.39 is 0 Å². The van der Waals surface area contributed by atoms with E-state index in [1.165, 1.54) is 0 Å². The van der Waals surface area contributed by atoms with Gasteiger partial charge in [-0.3, -0.25) is 9.79 Å². The number of imidazole rings is 1. The van der Waals surface area contributed by atoms with Gasteiger partial charge in [0, 0.05) is 31.5 Å². The number of H-pyrrole nitrogens is 2. The number of aliphatic imine (C=N–C) groups is 1. The maximum Gasteiger partial charge on any atom is 0.261 e. The third-order valence-electron chi connectivity index (χ3n) is 6.14. The molecule has 0 radical (unpaired) electrons. The zero-order valence-electron chi connectivity index (χ0n) is 19.7. The van der Waals surface area contributed by atoms with Crippen molar-refractivity contribution in [3.63, 3.8) is 0 Å². The lowest BCUT2D eigenvalue weighted by Crippen LogP contribution is -2.26. The molecule has 0 fully saturated rings. The van der Waals surface area contributed by atoms with Crippen molar-refractivity contribution >= 4 is 40.3 Å². The van der Waals surface area contributed by atoms with Crippen molar-refractivity contribution in [2.75, 3.05) is 37.0 Å². The summed E-state index contributed by atoms with van der Waals surface area (Å²) in [6, 6.07) is 11.8. The van der Waals surface area contributed by atoms with Gasteiger partial charge in [-0.15, -0.1) is 0 Å². The molecule has 0 unspecified atom stereocenters. The average molecular weight is 491 g/mol. The second kappa shape index (κ2) is 9.84. The number of pyridine rings is 1. The minimum Gasteiger partial charge on any atom is -0.495 e. The molecule has 1 aliphatic heterocycles. The van der Waals surface area contributed by atoms with Gasteiger partial charge in [0.2, 0.25) is 0 Å². The molecule has 35 heavy (non-hydrogen) atoms. The second-order valence-electron chi connectivity index (χ2n) is 8.55. The maximum atomic E-state index is 12.9. The van der Waals surface area contributed by atoms with Crippen LogP contribution in [0, 0.1) is 6.92 Å². The number of hydrogen-bond acceptors (Lipinski definition) is 6. The minimum atomic E-state index is -0.206. The first kappa shape index (κ1) is 23.0. The molecule has 0 saturated carbocycles. The highest BCUT2D eigenvalue weighted by atomic mass is 35.5. The van der Waals surface area contributed by atoms with Crippen molar-refractivity contribution in [1.29, 1.82) is 0 Å². The molecule has 0 atom stereocenters. The summed E-state index contributed by atoms with van der Waals surface area (Å²) < 4.78 is 5.22. The molecule has 2 aromatic carbocycles. The van der Waals surface area contributed by atoms with Crippen LogP contribution < -0.4 is 20.5 Å². The summed E-state index contributed by atoms with van der Waals surface area (Å²) in [5.41, 5.74) is 5.90. The molecule has 3 N–H and O–H groups in total. The number of nitrogens with one attached hydrogen (secondary N) is 3. The topological polar surface area (TPSA) is 98.4 Å². The number of anilines is 2. The van der Waals surface area contributed by atoms with Crippen LogP contribution in [0.3, 0.4) is 0 Å². The molecule has 3 heterocycles. The van der Waals surface area contributed by atoms with Gasteiger partial charge >= 0.3 is 0 Å². The highest BCUT2D eigenvalue weighted by molar-refractivity contribution is 6.32. The number of aryl methyl sites for hydroxylation is 1. The number of fused-ring (bicyclic) bond motifs is 1. The minimum absolute atomic E-state index is 0.206. The summed E-state index contributed by atoms with van der Waals surface area (Å²) in [6.45, 7) is 4.45. The van der Waals surface area contributed by atoms with Crippen LogP contribution in [0.1, 0.15) is 17.5 Å². The molecule has 1 aliphatic rings. The first-order valence-corrected chi connectivity index (χ1v) is 12.0. The molecule has 0 aliphatic carbocycles. The summed E-state index contributed by atoms with van der Waals surface area (Å²) in [6.07, 6.45) is 5.29. The molecule has 0 amide bonds. The van der Waals surface area contributed by atoms with Gasteiger partial charge in [0.05, 0.1) is 35.2 Å². The number of hydrogen-bond donors (Lipinski definition) is 3. The van der Waals surface area contributed by atoms with E-state index in [9.17, 15) is 4.79 Å². The average Bonchev–Trinajstić information content (AvgIpc) is 3.29. The second-order valence-corrected chi connectivity index (χ2v) is 8.96. The predicted molar refractivity (Wildman–Crippen MR) is 142 cm³/mol. The van der Waals surface area contributed by atoms with E-state index in [0.29, 0.717) is 34.4 Å². The van der Waals surface area contributed by atoms with E-state index in [0.717, 1.165) is 53.8 Å². The quantitative estimate of drug-likeness (QED) is 0.346. The fourth-order valence-corrected chi connectivity index (χ4v) is 4.65. The SMILES string of the molecule is COc1ccc(CCNc2cc[nH]c(=O)c2-c2nc3c(C)cc(N4C=NCCC4)cc3[nH]2)cc1Cl. The number of nitrogens with zero attached hydrogens (tertiary/aromatic N) is 3. The number of aromatic nitrogens is 3. The predicted octanol–water partition coefficient (Wildman–Crippen LogP) is 4.78. The molecule has 0 saturated heterocycles. The van der Waals surface area contributed by atoms with Gasteiger partial charge in [-0.05, 0) is 61.2 Å². The Morgan fingerprint density at radius 2 is 2.11 bits per heavy atom. The summed E-state index contributed by atoms with van der Waals surface area (Å²) in [5, 5.41) is 3.97. The number of benzene rings is 2. The van der Waals surface area contributed by atoms with Crippen molar-refractivity contribution in [3.05, 3.63) is 69.1 Å². The lowest BCUT2D eigenvalue weighted by molar-refractivity contribution is 0.415. The van der Waals surface area contributed by atoms with E-state index >= 15 is 0 Å². The van der Waals surface area contributed by atoms with Gasteiger partial charge in [0.25, 0.3) is 5.56 Å². The maximum absolute atomic E-state index is 12.9. The van der Waals surface area contributed by atoms with Crippen LogP contribution in [0.2, 0.25) is 5.02 Å². The first-order valence-electron chi connectivity index (χ1n) is 11.6. The van der Waals surface area contributed by atoms with E-state index in [4.69, 9.17) is 21.3 Å². The Bertz CT molecular complexity index is 1460. The lowest BCUT2D eigenvalue weighted by Gasteiger charge is -2.22. The van der Waals surface area contributed by atoms with Gasteiger partial charge in [-0.2, -0.15) is 0 Å². The zero-order valence-corrected chi connectivity index (χ0v) is 20.4. The van der Waals surface area contributed by atoms with Gasteiger partial charge in [0.1, 0.15) is 17.1 Å². The zero-order chi connectivity index (χ0) is 24.4. The molecule has 8 nitrogen and oxygen atoms in total. The van der Waals surface area contributed by atoms with Gasteiger partial charge < -0.3 is 24.9 Å². The van der Waals surface area contributed by atoms with E-state index in [2.05, 4.69) is 37.3 Å². The van der Waals surface area contributed by atoms with Crippen LogP contribution in [-0.2, 0) is 6.42 Å². The Kier molecular flexibility index (Phi) is 6.46. The normalized spacial score (nSPS) is 13.4. The number of halogens is 1. The van der Waals surface area contributed by atoms with Crippen LogP contribution in [-0.4, -0.2) is 48.0 Å². The Balaban J connectivity index is 1.42. The molecule has 0 spiro atoms. The van der Waals surface area contributed by atoms with Gasteiger partial charge in [-0.25, -0.2) is 4.98 Å². The third kappa shape index (κ3) is 4.74. The van der Waals surface area contributed by atoms with Gasteiger partial charge in [-0.1, -0.05) is 17.7 Å². The van der Waals surface area contributed by atoms with Crippen molar-refractivity contribution < 1.29 is 4.74 Å². The van der Waals surface area contributed by atoms with Crippen LogP contribution in [0.15, 0.2) is 52.4 Å². The highest BCUT2D eigenvalue weighted by Gasteiger charge is 2.17. The summed E-state index contributed by atoms with van der Waals surface area (Å²) in [4.78, 5) is 30.3. The molecule has 5 rings (SSSR count). The molecule has 9 heteroatoms. The first-order chi connectivity index (χ1) is 17.0. The number of ether oxygens (including phenoxy) is 1. The largest absolute Gasteiger partial charge is 0.495 e. The molecule has 0 bridgehead atoms. The lowest BCUT2D eigenvalue weighted by atomic mass is 10.1. The Labute approximate surface area is 208 Å². The van der Waals surface area contributed by atoms with Gasteiger partial charge in [0.15, 0.2) is 0 Å². The van der Waals surface area contributed by atoms with E-state index in [-0.39, 0.29) is 5.56 Å². The third-order valence-corrected chi connectivity index (χ3v) is 6.44. The fraction of sp³-hybridized carbons (Fsp3) is 0.269. The summed E-state index contributed by atoms with van der Waals surface area (Å²) in [7, 11) is 1.60. The summed E-state index contributed by atoms with van der Waals surface area (Å²) in [5.74, 6) is 1.18. The van der Waals surface area contributed by atoms with Crippen LogP contribution >= 0.6 is 11.6 Å². The number of methoxy groups -OCH3 is 1. The molecular formula is C26H27ClN6O2. The molecule has 180 valence electrons. The van der Waals surface area contributed by atoms with Crippen LogP contribution in [0.4, 0.5) is 11.4 Å². The standard InChI is InChI=1S/C26H27ClN6O2/c1-16-12-18(33-11-3-8-28-15-33)14-21-24(16)32-25(31-21)23-20(7-10-30-26(23)34)29-9-6-17-4-5-22(35-2)19(27)13-17/h4-5,7,10,12-15H,3,6,8-9,11H2,1-2H3,(H,31,32)(H2,29,30,34). The van der Waals surface area contributed by atoms with E-state index in [1.54, 1.807) is 13.3 Å². The molecule has 4 aromatic rings. The smallest absolute Gasteiger partial charge is 0.261 e. The fourth-order valence-electron chi connectivity index (χ4n) is 4.37. The Morgan fingerprint density at radius 3 is 2.89 bits per heavy atom. The molecular weight excluding hydrogens is 464 g/mol. The van der Waals surface area contributed by atoms with E-state index in [1.807, 2.05) is 37.5 Å². The Hall–Kier alpha value is -3.78. The van der Waals surface area contributed by atoms with Crippen molar-refractivity contribution in [2.24, 2.45) is 4.99 Å². The Morgan fingerprint density at radius 1 is 1.23 bits per heavy atom. The van der Waals surface area contributed by atoms with Crippen molar-refractivity contribution in [2.45, 2.75) is 19.8 Å². The summed E-state index contributed by atoms with van der Waals surface area (Å²) >= 11 is 6.25. The van der Waals surface area contributed by atoms with Crippen molar-refractivity contribution in [1.82, 2.24) is 15.0 Å². The highest BCUT2D eigenvalue weighted by Crippen LogP contribution is 2.30. The monoisotopic (exact) mass is 490 g/mol.